The van der Waals surface area contributed by atoms with Gasteiger partial charge in [0.25, 0.3) is 0 Å². The van der Waals surface area contributed by atoms with E-state index in [0.717, 1.165) is 16.4 Å². The number of halogens is 1. The topological polar surface area (TPSA) is 55.6 Å². The summed E-state index contributed by atoms with van der Waals surface area (Å²) >= 11 is 7.24. The molecule has 0 unspecified atom stereocenters. The summed E-state index contributed by atoms with van der Waals surface area (Å²) in [6.45, 7) is 2.46. The molecule has 2 rings (SSSR count). The maximum Gasteiger partial charge on any atom is 0.135 e. The molecular formula is C8H10ClN5S. The van der Waals surface area contributed by atoms with Gasteiger partial charge in [-0.25, -0.2) is 0 Å². The van der Waals surface area contributed by atoms with E-state index in [1.807, 2.05) is 14.0 Å². The summed E-state index contributed by atoms with van der Waals surface area (Å²) in [5, 5.41) is 12.9. The number of anilines is 1. The van der Waals surface area contributed by atoms with Crippen molar-refractivity contribution in [3.05, 3.63) is 22.6 Å². The van der Waals surface area contributed by atoms with Crippen LogP contribution in [0.5, 0.6) is 0 Å². The first-order valence-electron chi connectivity index (χ1n) is 4.39. The highest BCUT2D eigenvalue weighted by Gasteiger charge is 2.08. The Morgan fingerprint density at radius 1 is 1.60 bits per heavy atom. The number of hydrogen-bond donors (Lipinski definition) is 1. The van der Waals surface area contributed by atoms with Crippen LogP contribution in [0.2, 0.25) is 5.02 Å². The second kappa shape index (κ2) is 4.16. The second-order valence-corrected chi connectivity index (χ2v) is 4.22. The van der Waals surface area contributed by atoms with Crippen molar-refractivity contribution in [2.24, 2.45) is 0 Å². The molecule has 15 heavy (non-hydrogen) atoms. The lowest BCUT2D eigenvalue weighted by Gasteiger charge is -1.99. The third-order valence-electron chi connectivity index (χ3n) is 1.98. The Kier molecular flexibility index (Phi) is 2.88. The van der Waals surface area contributed by atoms with Crippen molar-refractivity contribution >= 4 is 28.1 Å². The Morgan fingerprint density at radius 2 is 2.40 bits per heavy atom. The largest absolute Gasteiger partial charge is 0.377 e. The smallest absolute Gasteiger partial charge is 0.135 e. The van der Waals surface area contributed by atoms with Crippen LogP contribution in [0.15, 0.2) is 6.20 Å². The fourth-order valence-corrected chi connectivity index (χ4v) is 1.90. The third-order valence-corrected chi connectivity index (χ3v) is 3.14. The first-order valence-corrected chi connectivity index (χ1v) is 5.54. The van der Waals surface area contributed by atoms with Crippen molar-refractivity contribution < 1.29 is 0 Å². The molecule has 0 spiro atoms. The minimum absolute atomic E-state index is 0.584. The molecule has 0 aromatic carbocycles. The van der Waals surface area contributed by atoms with Crippen LogP contribution in [-0.2, 0) is 6.54 Å². The van der Waals surface area contributed by atoms with Crippen LogP contribution >= 0.6 is 23.1 Å². The van der Waals surface area contributed by atoms with E-state index in [2.05, 4.69) is 20.0 Å². The molecule has 80 valence electrons. The zero-order valence-electron chi connectivity index (χ0n) is 8.36. The van der Waals surface area contributed by atoms with E-state index in [0.29, 0.717) is 11.6 Å². The minimum Gasteiger partial charge on any atom is -0.377 e. The van der Waals surface area contributed by atoms with E-state index in [-0.39, 0.29) is 0 Å². The van der Waals surface area contributed by atoms with Gasteiger partial charge in [0.2, 0.25) is 0 Å². The second-order valence-electron chi connectivity index (χ2n) is 3.06. The van der Waals surface area contributed by atoms with Crippen LogP contribution in [-0.4, -0.2) is 26.4 Å². The van der Waals surface area contributed by atoms with Crippen molar-refractivity contribution in [2.45, 2.75) is 13.5 Å². The van der Waals surface area contributed by atoms with Crippen LogP contribution in [0.4, 0.5) is 5.00 Å². The maximum atomic E-state index is 5.91. The van der Waals surface area contributed by atoms with Crippen molar-refractivity contribution in [1.82, 2.24) is 19.4 Å². The third kappa shape index (κ3) is 2.10. The lowest BCUT2D eigenvalue weighted by molar-refractivity contribution is 0.665. The average molecular weight is 244 g/mol. The summed E-state index contributed by atoms with van der Waals surface area (Å²) in [6, 6.07) is 0. The van der Waals surface area contributed by atoms with Gasteiger partial charge in [-0.3, -0.25) is 4.68 Å². The minimum atomic E-state index is 0.584. The number of nitrogens with zero attached hydrogens (tertiary/aromatic N) is 4. The van der Waals surface area contributed by atoms with Gasteiger partial charge in [-0.1, -0.05) is 16.1 Å². The first kappa shape index (κ1) is 10.4. The van der Waals surface area contributed by atoms with E-state index >= 15 is 0 Å². The number of nitrogens with one attached hydrogen (secondary N) is 1. The summed E-state index contributed by atoms with van der Waals surface area (Å²) in [5.74, 6) is 0. The molecule has 0 atom stereocenters. The van der Waals surface area contributed by atoms with Gasteiger partial charge < -0.3 is 5.32 Å². The zero-order chi connectivity index (χ0) is 10.8. The highest BCUT2D eigenvalue weighted by atomic mass is 35.5. The van der Waals surface area contributed by atoms with Crippen LogP contribution in [0.1, 0.15) is 11.4 Å². The first-order chi connectivity index (χ1) is 7.20. The summed E-state index contributed by atoms with van der Waals surface area (Å²) in [4.78, 5) is 0. The zero-order valence-corrected chi connectivity index (χ0v) is 9.93. The molecule has 0 amide bonds. The SMILES string of the molecule is CNc1snnc1Cn1cc(Cl)c(C)n1. The lowest BCUT2D eigenvalue weighted by Crippen LogP contribution is -2.03. The average Bonchev–Trinajstić information content (AvgIpc) is 2.75. The quantitative estimate of drug-likeness (QED) is 0.893. The van der Waals surface area contributed by atoms with Crippen molar-refractivity contribution in [3.8, 4) is 0 Å². The Morgan fingerprint density at radius 3 is 3.00 bits per heavy atom. The van der Waals surface area contributed by atoms with Crippen molar-refractivity contribution in [1.29, 1.82) is 0 Å². The van der Waals surface area contributed by atoms with E-state index in [1.54, 1.807) is 10.9 Å². The molecule has 0 aliphatic carbocycles. The fraction of sp³-hybridized carbons (Fsp3) is 0.375. The molecule has 2 heterocycles. The number of rotatable bonds is 3. The van der Waals surface area contributed by atoms with Crippen LogP contribution in [0.25, 0.3) is 0 Å². The number of aryl methyl sites for hydroxylation is 1. The molecule has 1 N–H and O–H groups in total. The van der Waals surface area contributed by atoms with E-state index in [1.165, 1.54) is 11.5 Å². The molecule has 0 saturated heterocycles. The van der Waals surface area contributed by atoms with Gasteiger partial charge in [-0.15, -0.1) is 5.10 Å². The fourth-order valence-electron chi connectivity index (χ4n) is 1.23. The summed E-state index contributed by atoms with van der Waals surface area (Å²) < 4.78 is 5.63. The van der Waals surface area contributed by atoms with Gasteiger partial charge >= 0.3 is 0 Å². The van der Waals surface area contributed by atoms with E-state index in [9.17, 15) is 0 Å². The molecule has 0 fully saturated rings. The Labute approximate surface area is 96.2 Å². The Hall–Kier alpha value is -1.14. The van der Waals surface area contributed by atoms with Crippen LogP contribution in [0, 0.1) is 6.92 Å². The summed E-state index contributed by atoms with van der Waals surface area (Å²) in [5.41, 5.74) is 1.70. The van der Waals surface area contributed by atoms with Gasteiger partial charge in [-0.05, 0) is 6.92 Å². The van der Waals surface area contributed by atoms with Gasteiger partial charge in [0, 0.05) is 24.8 Å². The standard InChI is InChI=1S/C8H10ClN5S/c1-5-6(9)3-14(12-5)4-7-8(10-2)15-13-11-7/h3,10H,4H2,1-2H3. The number of aromatic nitrogens is 4. The van der Waals surface area contributed by atoms with E-state index < -0.39 is 0 Å². The van der Waals surface area contributed by atoms with E-state index in [4.69, 9.17) is 11.6 Å². The molecule has 0 aliphatic rings. The van der Waals surface area contributed by atoms with Gasteiger partial charge in [0.1, 0.15) is 10.7 Å². The summed E-state index contributed by atoms with van der Waals surface area (Å²) in [6.07, 6.45) is 1.79. The van der Waals surface area contributed by atoms with Crippen molar-refractivity contribution in [2.75, 3.05) is 12.4 Å². The monoisotopic (exact) mass is 243 g/mol. The molecule has 0 bridgehead atoms. The molecule has 0 aliphatic heterocycles. The normalized spacial score (nSPS) is 10.6. The molecular weight excluding hydrogens is 234 g/mol. The van der Waals surface area contributed by atoms with Crippen LogP contribution < -0.4 is 5.32 Å². The summed E-state index contributed by atoms with van der Waals surface area (Å²) in [7, 11) is 1.85. The molecule has 0 saturated carbocycles. The van der Waals surface area contributed by atoms with Crippen LogP contribution in [0.3, 0.4) is 0 Å². The number of hydrogen-bond acceptors (Lipinski definition) is 5. The molecule has 0 radical (unpaired) electrons. The predicted molar refractivity (Wildman–Crippen MR) is 60.5 cm³/mol. The molecule has 5 nitrogen and oxygen atoms in total. The van der Waals surface area contributed by atoms with Gasteiger partial charge in [-0.2, -0.15) is 5.10 Å². The Balaban J connectivity index is 2.21. The Bertz CT molecular complexity index is 444. The highest BCUT2D eigenvalue weighted by Crippen LogP contribution is 2.19. The molecule has 2 aromatic rings. The maximum absolute atomic E-state index is 5.91. The molecule has 7 heteroatoms. The van der Waals surface area contributed by atoms with Crippen molar-refractivity contribution in [3.63, 3.8) is 0 Å². The molecule has 2 aromatic heterocycles. The highest BCUT2D eigenvalue weighted by molar-refractivity contribution is 7.10. The lowest BCUT2D eigenvalue weighted by atomic mass is 10.4. The van der Waals surface area contributed by atoms with Gasteiger partial charge in [0.15, 0.2) is 0 Å². The predicted octanol–water partition coefficient (Wildman–Crippen LogP) is 1.79. The van der Waals surface area contributed by atoms with Gasteiger partial charge in [0.05, 0.1) is 17.3 Å².